The first-order valence-corrected chi connectivity index (χ1v) is 7.22. The molecule has 1 atom stereocenters. The van der Waals surface area contributed by atoms with Gasteiger partial charge in [0.25, 0.3) is 0 Å². The van der Waals surface area contributed by atoms with Crippen LogP contribution >= 0.6 is 22.6 Å². The van der Waals surface area contributed by atoms with Crippen LogP contribution in [-0.2, 0) is 16.0 Å². The van der Waals surface area contributed by atoms with Crippen LogP contribution in [0.2, 0.25) is 0 Å². The number of carbonyl (C=O) groups is 2. The highest BCUT2D eigenvalue weighted by atomic mass is 127. The van der Waals surface area contributed by atoms with E-state index in [1.165, 1.54) is 0 Å². The second kappa shape index (κ2) is 6.92. The number of ether oxygens (including phenoxy) is 1. The molecule has 1 amide bonds. The molecule has 0 saturated heterocycles. The minimum Gasteiger partial charge on any atom is -0.480 e. The van der Waals surface area contributed by atoms with Crippen molar-refractivity contribution in [2.75, 3.05) is 0 Å². The zero-order chi connectivity index (χ0) is 15.3. The fraction of sp³-hybridized carbons (Fsp3) is 0.429. The molecule has 1 aromatic rings. The first-order valence-electron chi connectivity index (χ1n) is 6.14. The lowest BCUT2D eigenvalue weighted by molar-refractivity contribution is -0.139. The average Bonchev–Trinajstić information content (AvgIpc) is 2.28. The van der Waals surface area contributed by atoms with Crippen LogP contribution in [0.25, 0.3) is 0 Å². The molecule has 0 saturated carbocycles. The maximum Gasteiger partial charge on any atom is 0.408 e. The van der Waals surface area contributed by atoms with Crippen molar-refractivity contribution in [3.05, 3.63) is 33.4 Å². The predicted octanol–water partition coefficient (Wildman–Crippen LogP) is 2.81. The predicted molar refractivity (Wildman–Crippen MR) is 83.7 cm³/mol. The number of carboxylic acids is 1. The van der Waals surface area contributed by atoms with Crippen molar-refractivity contribution in [3.63, 3.8) is 0 Å². The van der Waals surface area contributed by atoms with Crippen LogP contribution in [0.4, 0.5) is 4.79 Å². The number of aliphatic carboxylic acids is 1. The van der Waals surface area contributed by atoms with E-state index in [1.807, 2.05) is 24.3 Å². The van der Waals surface area contributed by atoms with Gasteiger partial charge >= 0.3 is 12.1 Å². The third-order valence-electron chi connectivity index (χ3n) is 2.34. The van der Waals surface area contributed by atoms with E-state index in [0.29, 0.717) is 0 Å². The molecule has 2 N–H and O–H groups in total. The number of halogens is 1. The number of hydrogen-bond donors (Lipinski definition) is 2. The summed E-state index contributed by atoms with van der Waals surface area (Å²) in [5.41, 5.74) is 0.185. The molecule has 0 aromatic heterocycles. The molecule has 1 aromatic carbocycles. The summed E-state index contributed by atoms with van der Waals surface area (Å²) in [6.45, 7) is 5.17. The Bertz CT molecular complexity index is 479. The summed E-state index contributed by atoms with van der Waals surface area (Å²) in [4.78, 5) is 22.8. The van der Waals surface area contributed by atoms with Crippen LogP contribution in [0.15, 0.2) is 24.3 Å². The zero-order valence-corrected chi connectivity index (χ0v) is 13.8. The number of nitrogens with one attached hydrogen (secondary N) is 1. The topological polar surface area (TPSA) is 75.6 Å². The molecule has 0 aliphatic heterocycles. The summed E-state index contributed by atoms with van der Waals surface area (Å²) in [7, 11) is 0. The van der Waals surface area contributed by atoms with Crippen LogP contribution in [0.5, 0.6) is 0 Å². The highest BCUT2D eigenvalue weighted by molar-refractivity contribution is 14.1. The van der Waals surface area contributed by atoms with E-state index in [4.69, 9.17) is 9.84 Å². The summed E-state index contributed by atoms with van der Waals surface area (Å²) in [6.07, 6.45) is -0.513. The third-order valence-corrected chi connectivity index (χ3v) is 3.06. The van der Waals surface area contributed by atoms with Crippen LogP contribution in [0.3, 0.4) is 0 Å². The minimum absolute atomic E-state index is 0.214. The lowest BCUT2D eigenvalue weighted by Crippen LogP contribution is -2.44. The summed E-state index contributed by atoms with van der Waals surface area (Å²) in [5.74, 6) is -1.09. The van der Waals surface area contributed by atoms with Crippen LogP contribution < -0.4 is 5.32 Å². The molecule has 0 heterocycles. The highest BCUT2D eigenvalue weighted by Gasteiger charge is 2.24. The fourth-order valence-electron chi connectivity index (χ4n) is 1.51. The molecule has 0 aliphatic rings. The Morgan fingerprint density at radius 3 is 2.30 bits per heavy atom. The van der Waals surface area contributed by atoms with E-state index in [9.17, 15) is 9.59 Å². The number of alkyl carbamates (subject to hydrolysis) is 1. The lowest BCUT2D eigenvalue weighted by Gasteiger charge is -2.22. The number of rotatable bonds is 4. The smallest absolute Gasteiger partial charge is 0.408 e. The summed E-state index contributed by atoms with van der Waals surface area (Å²) in [5, 5.41) is 11.5. The van der Waals surface area contributed by atoms with E-state index in [2.05, 4.69) is 27.9 Å². The van der Waals surface area contributed by atoms with Gasteiger partial charge in [0.15, 0.2) is 0 Å². The minimum atomic E-state index is -1.09. The van der Waals surface area contributed by atoms with Crippen molar-refractivity contribution < 1.29 is 19.4 Å². The van der Waals surface area contributed by atoms with E-state index in [0.717, 1.165) is 9.13 Å². The Hall–Kier alpha value is -1.31. The van der Waals surface area contributed by atoms with Crippen molar-refractivity contribution in [2.45, 2.75) is 38.8 Å². The van der Waals surface area contributed by atoms with Gasteiger partial charge in [-0.05, 0) is 61.1 Å². The molecule has 1 rings (SSSR count). The SMILES string of the molecule is CC(C)(C)OC(=O)NC(Cc1ccc(I)cc1)C(=O)O. The van der Waals surface area contributed by atoms with Crippen LogP contribution in [0.1, 0.15) is 26.3 Å². The number of benzene rings is 1. The summed E-state index contributed by atoms with van der Waals surface area (Å²) in [6, 6.07) is 6.46. The van der Waals surface area contributed by atoms with Gasteiger partial charge in [-0.3, -0.25) is 0 Å². The third kappa shape index (κ3) is 6.23. The van der Waals surface area contributed by atoms with Gasteiger partial charge < -0.3 is 15.2 Å². The molecule has 6 heteroatoms. The number of carbonyl (C=O) groups excluding carboxylic acids is 1. The van der Waals surface area contributed by atoms with E-state index >= 15 is 0 Å². The first-order chi connectivity index (χ1) is 9.17. The van der Waals surface area contributed by atoms with Gasteiger partial charge in [-0.1, -0.05) is 12.1 Å². The van der Waals surface area contributed by atoms with Crippen LogP contribution in [-0.4, -0.2) is 28.8 Å². The molecule has 0 bridgehead atoms. The second-order valence-electron chi connectivity index (χ2n) is 5.37. The molecule has 0 radical (unpaired) electrons. The van der Waals surface area contributed by atoms with Gasteiger partial charge in [-0.25, -0.2) is 9.59 Å². The molecule has 0 spiro atoms. The van der Waals surface area contributed by atoms with Gasteiger partial charge in [-0.2, -0.15) is 0 Å². The summed E-state index contributed by atoms with van der Waals surface area (Å²) >= 11 is 2.17. The molecular formula is C14H18INO4. The van der Waals surface area contributed by atoms with E-state index in [1.54, 1.807) is 20.8 Å². The first kappa shape index (κ1) is 16.7. The molecule has 1 unspecified atom stereocenters. The standard InChI is InChI=1S/C14H18INO4/c1-14(2,3)20-13(19)16-11(12(17)18)8-9-4-6-10(15)7-5-9/h4-7,11H,8H2,1-3H3,(H,16,19)(H,17,18). The Kier molecular flexibility index (Phi) is 5.79. The largest absolute Gasteiger partial charge is 0.480 e. The molecular weight excluding hydrogens is 373 g/mol. The van der Waals surface area contributed by atoms with Crippen molar-refractivity contribution in [1.29, 1.82) is 0 Å². The molecule has 20 heavy (non-hydrogen) atoms. The van der Waals surface area contributed by atoms with E-state index < -0.39 is 23.7 Å². The zero-order valence-electron chi connectivity index (χ0n) is 11.6. The van der Waals surface area contributed by atoms with Gasteiger partial charge in [0.2, 0.25) is 0 Å². The number of hydrogen-bond acceptors (Lipinski definition) is 3. The van der Waals surface area contributed by atoms with Crippen LogP contribution in [0, 0.1) is 3.57 Å². The summed E-state index contributed by atoms with van der Waals surface area (Å²) < 4.78 is 6.13. The normalized spacial score (nSPS) is 12.6. The number of amides is 1. The molecule has 0 fully saturated rings. The van der Waals surface area contributed by atoms with Gasteiger partial charge in [0.05, 0.1) is 0 Å². The molecule has 5 nitrogen and oxygen atoms in total. The van der Waals surface area contributed by atoms with Crippen molar-refractivity contribution in [1.82, 2.24) is 5.32 Å². The second-order valence-corrected chi connectivity index (χ2v) is 6.61. The molecule has 0 aliphatic carbocycles. The van der Waals surface area contributed by atoms with Crippen molar-refractivity contribution >= 4 is 34.7 Å². The van der Waals surface area contributed by atoms with E-state index in [-0.39, 0.29) is 6.42 Å². The quantitative estimate of drug-likeness (QED) is 0.775. The fourth-order valence-corrected chi connectivity index (χ4v) is 1.87. The van der Waals surface area contributed by atoms with Crippen molar-refractivity contribution in [3.8, 4) is 0 Å². The Morgan fingerprint density at radius 1 is 1.30 bits per heavy atom. The number of carboxylic acid groups (broad SMARTS) is 1. The maximum absolute atomic E-state index is 11.6. The average molecular weight is 391 g/mol. The van der Waals surface area contributed by atoms with Gasteiger partial charge in [-0.15, -0.1) is 0 Å². The molecule has 110 valence electrons. The lowest BCUT2D eigenvalue weighted by atomic mass is 10.1. The maximum atomic E-state index is 11.6. The highest BCUT2D eigenvalue weighted by Crippen LogP contribution is 2.10. The van der Waals surface area contributed by atoms with Gasteiger partial charge in [0, 0.05) is 9.99 Å². The Morgan fingerprint density at radius 2 is 1.85 bits per heavy atom. The Balaban J connectivity index is 2.68. The Labute approximate surface area is 131 Å². The van der Waals surface area contributed by atoms with Gasteiger partial charge in [0.1, 0.15) is 11.6 Å². The van der Waals surface area contributed by atoms with Crippen molar-refractivity contribution in [2.24, 2.45) is 0 Å². The monoisotopic (exact) mass is 391 g/mol.